The second kappa shape index (κ2) is 6.23. The van der Waals surface area contributed by atoms with Crippen molar-refractivity contribution in [3.63, 3.8) is 0 Å². The van der Waals surface area contributed by atoms with Crippen LogP contribution in [0.5, 0.6) is 0 Å². The van der Waals surface area contributed by atoms with Gasteiger partial charge < -0.3 is 9.73 Å². The van der Waals surface area contributed by atoms with Crippen molar-refractivity contribution in [3.05, 3.63) is 96.6 Å². The average molecular weight is 337 g/mol. The Morgan fingerprint density at radius 3 is 2.54 bits per heavy atom. The molecule has 4 aromatic rings. The van der Waals surface area contributed by atoms with Gasteiger partial charge in [-0.3, -0.25) is 0 Å². The lowest BCUT2D eigenvalue weighted by molar-refractivity contribution is 0.668. The molecule has 0 aliphatic heterocycles. The molecule has 2 heteroatoms. The molecule has 3 aromatic carbocycles. The lowest BCUT2D eigenvalue weighted by Crippen LogP contribution is -2.18. The summed E-state index contributed by atoms with van der Waals surface area (Å²) in [5.41, 5.74) is 5.41. The minimum absolute atomic E-state index is 0.244. The molecule has 1 aromatic heterocycles. The third-order valence-corrected chi connectivity index (χ3v) is 4.92. The van der Waals surface area contributed by atoms with Crippen molar-refractivity contribution >= 4 is 33.2 Å². The lowest BCUT2D eigenvalue weighted by Gasteiger charge is -2.20. The van der Waals surface area contributed by atoms with Crippen molar-refractivity contribution in [2.75, 3.05) is 5.32 Å². The van der Waals surface area contributed by atoms with Gasteiger partial charge in [0.15, 0.2) is 5.58 Å². The van der Waals surface area contributed by atoms with Crippen LogP contribution in [0, 0.1) is 0 Å². The standard InChI is InChI=1S/C24H19NO/c1-2-8-17(9-3-1)18-10-6-11-19(16-18)25-22-14-7-13-21-20-12-4-5-15-23(20)26-24(21)22/h1-10,12-16,19,25H,11H2/t19-/m1/s1. The number of furan rings is 1. The van der Waals surface area contributed by atoms with E-state index in [-0.39, 0.29) is 6.04 Å². The van der Waals surface area contributed by atoms with Crippen LogP contribution in [0.1, 0.15) is 12.0 Å². The van der Waals surface area contributed by atoms with Crippen molar-refractivity contribution in [2.24, 2.45) is 0 Å². The molecule has 0 saturated heterocycles. The van der Waals surface area contributed by atoms with E-state index in [0.29, 0.717) is 0 Å². The number of hydrogen-bond donors (Lipinski definition) is 1. The third-order valence-electron chi connectivity index (χ3n) is 4.92. The van der Waals surface area contributed by atoms with Crippen LogP contribution in [0.3, 0.4) is 0 Å². The first-order valence-corrected chi connectivity index (χ1v) is 8.99. The van der Waals surface area contributed by atoms with Crippen LogP contribution in [0.2, 0.25) is 0 Å². The normalized spacial score (nSPS) is 16.8. The Hall–Kier alpha value is -3.26. The van der Waals surface area contributed by atoms with Gasteiger partial charge in [0.2, 0.25) is 0 Å². The number of rotatable bonds is 3. The molecule has 1 N–H and O–H groups in total. The number of hydrogen-bond acceptors (Lipinski definition) is 2. The Morgan fingerprint density at radius 2 is 1.62 bits per heavy atom. The summed E-state index contributed by atoms with van der Waals surface area (Å²) in [7, 11) is 0. The van der Waals surface area contributed by atoms with E-state index >= 15 is 0 Å². The molecule has 1 atom stereocenters. The van der Waals surface area contributed by atoms with Crippen molar-refractivity contribution in [1.82, 2.24) is 0 Å². The molecule has 1 aliphatic rings. The highest BCUT2D eigenvalue weighted by atomic mass is 16.3. The molecule has 26 heavy (non-hydrogen) atoms. The van der Waals surface area contributed by atoms with Gasteiger partial charge in [-0.05, 0) is 29.7 Å². The monoisotopic (exact) mass is 337 g/mol. The number of allylic oxidation sites excluding steroid dienone is 2. The van der Waals surface area contributed by atoms with Gasteiger partial charge >= 0.3 is 0 Å². The Kier molecular flexibility index (Phi) is 3.60. The molecular formula is C24H19NO. The number of benzene rings is 3. The van der Waals surface area contributed by atoms with Crippen LogP contribution < -0.4 is 5.32 Å². The lowest BCUT2D eigenvalue weighted by atomic mass is 9.96. The SMILES string of the molecule is C1=CC(c2ccccc2)=C[C@H](Nc2cccc3c2oc2ccccc23)C1. The summed E-state index contributed by atoms with van der Waals surface area (Å²) < 4.78 is 6.14. The van der Waals surface area contributed by atoms with Crippen LogP contribution in [0.25, 0.3) is 27.5 Å². The molecule has 5 rings (SSSR count). The van der Waals surface area contributed by atoms with Gasteiger partial charge in [0.1, 0.15) is 5.58 Å². The molecule has 0 spiro atoms. The van der Waals surface area contributed by atoms with Crippen LogP contribution in [-0.4, -0.2) is 6.04 Å². The predicted molar refractivity (Wildman–Crippen MR) is 109 cm³/mol. The van der Waals surface area contributed by atoms with Crippen molar-refractivity contribution in [3.8, 4) is 0 Å². The van der Waals surface area contributed by atoms with E-state index in [1.54, 1.807) is 0 Å². The van der Waals surface area contributed by atoms with Gasteiger partial charge in [0.05, 0.1) is 5.69 Å². The summed E-state index contributed by atoms with van der Waals surface area (Å²) in [4.78, 5) is 0. The summed E-state index contributed by atoms with van der Waals surface area (Å²) in [5, 5.41) is 5.98. The van der Waals surface area contributed by atoms with Crippen LogP contribution in [0.4, 0.5) is 5.69 Å². The molecule has 2 nitrogen and oxygen atoms in total. The highest BCUT2D eigenvalue weighted by molar-refractivity contribution is 6.08. The van der Waals surface area contributed by atoms with E-state index in [2.05, 4.69) is 84.2 Å². The van der Waals surface area contributed by atoms with Gasteiger partial charge in [-0.2, -0.15) is 0 Å². The largest absolute Gasteiger partial charge is 0.454 e. The van der Waals surface area contributed by atoms with E-state index in [1.165, 1.54) is 11.1 Å². The first-order chi connectivity index (χ1) is 12.9. The van der Waals surface area contributed by atoms with Gasteiger partial charge in [-0.15, -0.1) is 0 Å². The summed E-state index contributed by atoms with van der Waals surface area (Å²) in [5.74, 6) is 0. The zero-order chi connectivity index (χ0) is 17.3. The maximum Gasteiger partial charge on any atom is 0.158 e. The second-order valence-electron chi connectivity index (χ2n) is 6.66. The van der Waals surface area contributed by atoms with Crippen LogP contribution in [-0.2, 0) is 0 Å². The number of nitrogens with one attached hydrogen (secondary N) is 1. The highest BCUT2D eigenvalue weighted by Gasteiger charge is 2.14. The van der Waals surface area contributed by atoms with Crippen molar-refractivity contribution < 1.29 is 4.42 Å². The van der Waals surface area contributed by atoms with E-state index in [9.17, 15) is 0 Å². The first kappa shape index (κ1) is 15.0. The Morgan fingerprint density at radius 1 is 0.808 bits per heavy atom. The van der Waals surface area contributed by atoms with Crippen molar-refractivity contribution in [2.45, 2.75) is 12.5 Å². The van der Waals surface area contributed by atoms with Gasteiger partial charge in [0.25, 0.3) is 0 Å². The Balaban J connectivity index is 1.52. The average Bonchev–Trinajstić information content (AvgIpc) is 3.09. The summed E-state index contributed by atoms with van der Waals surface area (Å²) in [6.07, 6.45) is 7.71. The van der Waals surface area contributed by atoms with Crippen LogP contribution in [0.15, 0.2) is 95.4 Å². The van der Waals surface area contributed by atoms with Crippen molar-refractivity contribution in [1.29, 1.82) is 0 Å². The summed E-state index contributed by atoms with van der Waals surface area (Å²) in [6.45, 7) is 0. The number of anilines is 1. The minimum atomic E-state index is 0.244. The fourth-order valence-electron chi connectivity index (χ4n) is 3.67. The highest BCUT2D eigenvalue weighted by Crippen LogP contribution is 2.34. The Labute approximate surface area is 152 Å². The Bertz CT molecular complexity index is 1130. The first-order valence-electron chi connectivity index (χ1n) is 8.99. The zero-order valence-electron chi connectivity index (χ0n) is 14.4. The van der Waals surface area contributed by atoms with E-state index in [4.69, 9.17) is 4.42 Å². The van der Waals surface area contributed by atoms with E-state index < -0.39 is 0 Å². The van der Waals surface area contributed by atoms with Gasteiger partial charge in [-0.1, -0.05) is 78.9 Å². The second-order valence-corrected chi connectivity index (χ2v) is 6.66. The fraction of sp³-hybridized carbons (Fsp3) is 0.0833. The molecule has 0 unspecified atom stereocenters. The smallest absolute Gasteiger partial charge is 0.158 e. The predicted octanol–water partition coefficient (Wildman–Crippen LogP) is 6.41. The molecule has 1 heterocycles. The van der Waals surface area contributed by atoms with E-state index in [1.807, 2.05) is 12.1 Å². The van der Waals surface area contributed by atoms with Gasteiger partial charge in [-0.25, -0.2) is 0 Å². The summed E-state index contributed by atoms with van der Waals surface area (Å²) >= 11 is 0. The molecule has 0 amide bonds. The third kappa shape index (κ3) is 2.60. The summed E-state index contributed by atoms with van der Waals surface area (Å²) in [6, 6.07) is 25.3. The minimum Gasteiger partial charge on any atom is -0.454 e. The maximum absolute atomic E-state index is 6.14. The molecule has 1 aliphatic carbocycles. The number of para-hydroxylation sites is 2. The number of fused-ring (bicyclic) bond motifs is 3. The van der Waals surface area contributed by atoms with Gasteiger partial charge in [0, 0.05) is 16.8 Å². The maximum atomic E-state index is 6.14. The molecule has 0 saturated carbocycles. The zero-order valence-corrected chi connectivity index (χ0v) is 14.4. The molecular weight excluding hydrogens is 318 g/mol. The van der Waals surface area contributed by atoms with E-state index in [0.717, 1.165) is 34.0 Å². The molecule has 0 radical (unpaired) electrons. The molecule has 0 bridgehead atoms. The molecule has 0 fully saturated rings. The quantitative estimate of drug-likeness (QED) is 0.467. The fourth-order valence-corrected chi connectivity index (χ4v) is 3.67. The topological polar surface area (TPSA) is 25.2 Å². The van der Waals surface area contributed by atoms with Crippen LogP contribution >= 0.6 is 0 Å². The molecule has 126 valence electrons.